The summed E-state index contributed by atoms with van der Waals surface area (Å²) in [7, 11) is 0. The Balaban J connectivity index is 0. The number of carbonyl (C=O) groups is 2. The first-order valence-corrected chi connectivity index (χ1v) is 5.58. The fraction of sp³-hybridized carbons (Fsp3) is 0.818. The Labute approximate surface area is 96.6 Å². The molecule has 0 aromatic heterocycles. The Bertz CT molecular complexity index is 194. The van der Waals surface area contributed by atoms with Gasteiger partial charge in [-0.3, -0.25) is 9.59 Å². The summed E-state index contributed by atoms with van der Waals surface area (Å²) in [6.07, 6.45) is 4.69. The lowest BCUT2D eigenvalue weighted by molar-refractivity contribution is -0.144. The number of unbranched alkanes of at least 4 members (excludes halogenated alkanes) is 3. The number of esters is 1. The van der Waals surface area contributed by atoms with Crippen molar-refractivity contribution in [2.45, 2.75) is 45.4 Å². The average Bonchev–Trinajstić information content (AvgIpc) is 2.25. The number of rotatable bonds is 9. The van der Waals surface area contributed by atoms with Crippen LogP contribution in [0, 0.1) is 0 Å². The Kier molecular flexibility index (Phi) is 13.2. The topological polar surface area (TPSA) is 101 Å². The van der Waals surface area contributed by atoms with Crippen LogP contribution in [-0.4, -0.2) is 30.4 Å². The second kappa shape index (κ2) is 12.1. The molecule has 0 spiro atoms. The van der Waals surface area contributed by atoms with Gasteiger partial charge in [-0.1, -0.05) is 26.2 Å². The molecule has 4 N–H and O–H groups in total. The van der Waals surface area contributed by atoms with Crippen LogP contribution >= 0.6 is 0 Å². The number of ketones is 1. The maximum atomic E-state index is 11.1. The van der Waals surface area contributed by atoms with Crippen molar-refractivity contribution in [1.29, 1.82) is 0 Å². The van der Waals surface area contributed by atoms with Gasteiger partial charge in [0.05, 0.1) is 19.6 Å². The first-order chi connectivity index (χ1) is 7.20. The summed E-state index contributed by atoms with van der Waals surface area (Å²) in [6.45, 7) is 2.60. The minimum absolute atomic E-state index is 0. The lowest BCUT2D eigenvalue weighted by Crippen LogP contribution is -2.15. The van der Waals surface area contributed by atoms with E-state index in [4.69, 9.17) is 10.5 Å². The van der Waals surface area contributed by atoms with Crippen LogP contribution in [0.1, 0.15) is 45.4 Å². The predicted molar refractivity (Wildman–Crippen MR) is 62.0 cm³/mol. The van der Waals surface area contributed by atoms with Crippen LogP contribution in [0.2, 0.25) is 0 Å². The van der Waals surface area contributed by atoms with E-state index < -0.39 is 0 Å². The van der Waals surface area contributed by atoms with Gasteiger partial charge in [0.25, 0.3) is 0 Å². The van der Waals surface area contributed by atoms with Gasteiger partial charge in [0.15, 0.2) is 0 Å². The maximum absolute atomic E-state index is 11.1. The molecule has 0 aliphatic rings. The number of carbonyl (C=O) groups excluding carboxylic acids is 2. The van der Waals surface area contributed by atoms with E-state index in [2.05, 4.69) is 6.92 Å². The molecule has 0 aromatic rings. The van der Waals surface area contributed by atoms with Crippen molar-refractivity contribution in [3.63, 3.8) is 0 Å². The molecule has 0 unspecified atom stereocenters. The molecule has 0 aliphatic carbocycles. The summed E-state index contributed by atoms with van der Waals surface area (Å²) in [5, 5.41) is 0. The van der Waals surface area contributed by atoms with Gasteiger partial charge in [-0.05, 0) is 6.42 Å². The van der Waals surface area contributed by atoms with E-state index in [-0.39, 0.29) is 36.6 Å². The zero-order valence-corrected chi connectivity index (χ0v) is 9.96. The third-order valence-electron chi connectivity index (χ3n) is 2.10. The summed E-state index contributed by atoms with van der Waals surface area (Å²) in [4.78, 5) is 21.9. The normalized spacial score (nSPS) is 9.38. The van der Waals surface area contributed by atoms with Crippen LogP contribution in [-0.2, 0) is 14.3 Å². The molecule has 5 heteroatoms. The molecule has 0 saturated heterocycles. The second-order valence-electron chi connectivity index (χ2n) is 3.52. The van der Waals surface area contributed by atoms with Gasteiger partial charge < -0.3 is 15.9 Å². The number of Topliss-reactive ketones (excluding diaryl/α,β-unsaturated/α-hetero) is 1. The van der Waals surface area contributed by atoms with Crippen molar-refractivity contribution in [1.82, 2.24) is 0 Å². The third-order valence-corrected chi connectivity index (χ3v) is 2.10. The van der Waals surface area contributed by atoms with Crippen LogP contribution in [0.4, 0.5) is 0 Å². The summed E-state index contributed by atoms with van der Waals surface area (Å²) in [5.74, 6) is -0.397. The van der Waals surface area contributed by atoms with Gasteiger partial charge >= 0.3 is 5.97 Å². The van der Waals surface area contributed by atoms with E-state index in [1.54, 1.807) is 0 Å². The molecule has 0 bridgehead atoms. The molecule has 96 valence electrons. The SMILES string of the molecule is CCCCCCOC(=O)CCC(=O)CN.O. The Morgan fingerprint density at radius 1 is 1.12 bits per heavy atom. The predicted octanol–water partition coefficient (Wildman–Crippen LogP) is 0.593. The van der Waals surface area contributed by atoms with E-state index in [1.165, 1.54) is 12.8 Å². The number of hydrogen-bond acceptors (Lipinski definition) is 4. The summed E-state index contributed by atoms with van der Waals surface area (Å²) in [5.41, 5.74) is 5.11. The lowest BCUT2D eigenvalue weighted by Gasteiger charge is -2.03. The number of ether oxygens (including phenoxy) is 1. The molecule has 0 aromatic carbocycles. The Morgan fingerprint density at radius 2 is 1.81 bits per heavy atom. The van der Waals surface area contributed by atoms with Gasteiger partial charge in [-0.15, -0.1) is 0 Å². The van der Waals surface area contributed by atoms with Crippen molar-refractivity contribution in [2.75, 3.05) is 13.2 Å². The highest BCUT2D eigenvalue weighted by molar-refractivity contribution is 5.84. The summed E-state index contributed by atoms with van der Waals surface area (Å²) in [6, 6.07) is 0. The molecule has 0 rings (SSSR count). The van der Waals surface area contributed by atoms with E-state index in [0.29, 0.717) is 6.61 Å². The van der Waals surface area contributed by atoms with Gasteiger partial charge in [-0.25, -0.2) is 0 Å². The minimum atomic E-state index is -0.298. The van der Waals surface area contributed by atoms with Crippen molar-refractivity contribution >= 4 is 11.8 Å². The van der Waals surface area contributed by atoms with Crippen molar-refractivity contribution in [2.24, 2.45) is 5.73 Å². The van der Waals surface area contributed by atoms with Crippen molar-refractivity contribution in [3.8, 4) is 0 Å². The molecule has 0 amide bonds. The smallest absolute Gasteiger partial charge is 0.306 e. The zero-order chi connectivity index (χ0) is 11.5. The van der Waals surface area contributed by atoms with E-state index in [0.717, 1.165) is 12.8 Å². The quantitative estimate of drug-likeness (QED) is 0.465. The highest BCUT2D eigenvalue weighted by Crippen LogP contribution is 2.00. The van der Waals surface area contributed by atoms with Crippen LogP contribution in [0.15, 0.2) is 0 Å². The molecule has 0 heterocycles. The maximum Gasteiger partial charge on any atom is 0.306 e. The minimum Gasteiger partial charge on any atom is -0.466 e. The molecule has 0 atom stereocenters. The standard InChI is InChI=1S/C11H21NO3.H2O/c1-2-3-4-5-8-15-11(14)7-6-10(13)9-12;/h2-9,12H2,1H3;1H2. The van der Waals surface area contributed by atoms with Gasteiger partial charge in [0.1, 0.15) is 5.78 Å². The molecule has 0 aliphatic heterocycles. The second-order valence-corrected chi connectivity index (χ2v) is 3.52. The van der Waals surface area contributed by atoms with Gasteiger partial charge in [0, 0.05) is 6.42 Å². The van der Waals surface area contributed by atoms with E-state index >= 15 is 0 Å². The highest BCUT2D eigenvalue weighted by atomic mass is 16.5. The molecule has 0 saturated carbocycles. The fourth-order valence-corrected chi connectivity index (χ4v) is 1.13. The van der Waals surface area contributed by atoms with Crippen LogP contribution in [0.5, 0.6) is 0 Å². The van der Waals surface area contributed by atoms with Crippen molar-refractivity contribution in [3.05, 3.63) is 0 Å². The molecule has 0 radical (unpaired) electrons. The van der Waals surface area contributed by atoms with Gasteiger partial charge in [0.2, 0.25) is 0 Å². The largest absolute Gasteiger partial charge is 0.466 e. The Morgan fingerprint density at radius 3 is 2.38 bits per heavy atom. The highest BCUT2D eigenvalue weighted by Gasteiger charge is 2.06. The summed E-state index contributed by atoms with van der Waals surface area (Å²) < 4.78 is 4.95. The monoisotopic (exact) mass is 233 g/mol. The summed E-state index contributed by atoms with van der Waals surface area (Å²) >= 11 is 0. The molecule has 5 nitrogen and oxygen atoms in total. The molecule has 0 fully saturated rings. The van der Waals surface area contributed by atoms with Crippen LogP contribution in [0.3, 0.4) is 0 Å². The first kappa shape index (κ1) is 17.5. The Hall–Kier alpha value is -0.940. The van der Waals surface area contributed by atoms with E-state index in [1.807, 2.05) is 0 Å². The van der Waals surface area contributed by atoms with E-state index in [9.17, 15) is 9.59 Å². The third kappa shape index (κ3) is 11.1. The first-order valence-electron chi connectivity index (χ1n) is 5.58. The van der Waals surface area contributed by atoms with Gasteiger partial charge in [-0.2, -0.15) is 0 Å². The number of nitrogens with two attached hydrogens (primary N) is 1. The molecular formula is C11H23NO4. The fourth-order valence-electron chi connectivity index (χ4n) is 1.13. The molecule has 16 heavy (non-hydrogen) atoms. The molecular weight excluding hydrogens is 210 g/mol. The van der Waals surface area contributed by atoms with Crippen LogP contribution in [0.25, 0.3) is 0 Å². The average molecular weight is 233 g/mol. The van der Waals surface area contributed by atoms with Crippen molar-refractivity contribution < 1.29 is 19.8 Å². The number of hydrogen-bond donors (Lipinski definition) is 1. The lowest BCUT2D eigenvalue weighted by atomic mass is 10.2. The zero-order valence-electron chi connectivity index (χ0n) is 9.96. The van der Waals surface area contributed by atoms with Crippen LogP contribution < -0.4 is 5.73 Å².